The van der Waals surface area contributed by atoms with Crippen molar-refractivity contribution in [1.29, 1.82) is 0 Å². The van der Waals surface area contributed by atoms with Crippen LogP contribution in [0.3, 0.4) is 0 Å². The fourth-order valence-corrected chi connectivity index (χ4v) is 1.55. The smallest absolute Gasteiger partial charge is 0.0169 e. The average Bonchev–Trinajstić information content (AvgIpc) is 2.14. The van der Waals surface area contributed by atoms with Crippen molar-refractivity contribution in [3.05, 3.63) is 36.5 Å². The Morgan fingerprint density at radius 2 is 1.92 bits per heavy atom. The van der Waals surface area contributed by atoms with Crippen LogP contribution in [0.4, 0.5) is 0 Å². The molecule has 66 valence electrons. The zero-order chi connectivity index (χ0) is 8.65. The predicted molar refractivity (Wildman–Crippen MR) is 55.1 cm³/mol. The van der Waals surface area contributed by atoms with E-state index in [0.29, 0.717) is 0 Å². The predicted octanol–water partition coefficient (Wildman–Crippen LogP) is 4.01. The molecule has 0 aromatic rings. The Bertz CT molecular complexity index is 176. The van der Waals surface area contributed by atoms with Gasteiger partial charge in [-0.3, -0.25) is 0 Å². The average molecular weight is 162 g/mol. The van der Waals surface area contributed by atoms with Gasteiger partial charge in [0.15, 0.2) is 0 Å². The van der Waals surface area contributed by atoms with Crippen LogP contribution in [-0.4, -0.2) is 0 Å². The number of rotatable bonds is 3. The summed E-state index contributed by atoms with van der Waals surface area (Å²) in [6.45, 7) is 3.67. The summed E-state index contributed by atoms with van der Waals surface area (Å²) in [4.78, 5) is 0. The van der Waals surface area contributed by atoms with E-state index in [9.17, 15) is 0 Å². The quantitative estimate of drug-likeness (QED) is 0.550. The summed E-state index contributed by atoms with van der Waals surface area (Å²) in [5.74, 6) is 0. The Morgan fingerprint density at radius 3 is 2.58 bits per heavy atom. The molecule has 0 nitrogen and oxygen atoms in total. The molecule has 0 radical (unpaired) electrons. The summed E-state index contributed by atoms with van der Waals surface area (Å²) in [6.07, 6.45) is 16.4. The first-order valence-electron chi connectivity index (χ1n) is 4.89. The number of hydrogen-bond acceptors (Lipinski definition) is 0. The van der Waals surface area contributed by atoms with Crippen molar-refractivity contribution in [1.82, 2.24) is 0 Å². The van der Waals surface area contributed by atoms with Crippen LogP contribution in [-0.2, 0) is 0 Å². The minimum absolute atomic E-state index is 0.990. The zero-order valence-electron chi connectivity index (χ0n) is 7.76. The van der Waals surface area contributed by atoms with Crippen LogP contribution >= 0.6 is 0 Å². The molecule has 12 heavy (non-hydrogen) atoms. The first-order valence-corrected chi connectivity index (χ1v) is 4.89. The standard InChI is InChI=1S/C12H18/c1-2-3-4-6-9-12-10-7-5-8-11-12/h2,4,6,9H,1,3,5,7-8,10-11H2/b6-4-. The molecule has 1 rings (SSSR count). The molecule has 0 aromatic carbocycles. The van der Waals surface area contributed by atoms with Crippen molar-refractivity contribution in [2.75, 3.05) is 0 Å². The van der Waals surface area contributed by atoms with Crippen molar-refractivity contribution < 1.29 is 0 Å². The van der Waals surface area contributed by atoms with Crippen molar-refractivity contribution in [3.63, 3.8) is 0 Å². The minimum atomic E-state index is 0.990. The molecule has 1 aliphatic rings. The van der Waals surface area contributed by atoms with Gasteiger partial charge < -0.3 is 0 Å². The lowest BCUT2D eigenvalue weighted by molar-refractivity contribution is 0.599. The van der Waals surface area contributed by atoms with Crippen LogP contribution in [0.25, 0.3) is 0 Å². The maximum Gasteiger partial charge on any atom is -0.0169 e. The minimum Gasteiger partial charge on any atom is -0.103 e. The van der Waals surface area contributed by atoms with Crippen LogP contribution < -0.4 is 0 Å². The maximum atomic E-state index is 3.67. The Balaban J connectivity index is 2.28. The van der Waals surface area contributed by atoms with Gasteiger partial charge in [-0.2, -0.15) is 0 Å². The largest absolute Gasteiger partial charge is 0.103 e. The Kier molecular flexibility index (Phi) is 4.51. The Labute approximate surface area is 75.7 Å². The van der Waals surface area contributed by atoms with E-state index in [2.05, 4.69) is 24.8 Å². The molecule has 1 saturated carbocycles. The molecule has 1 aliphatic carbocycles. The van der Waals surface area contributed by atoms with Gasteiger partial charge in [-0.05, 0) is 32.1 Å². The van der Waals surface area contributed by atoms with Gasteiger partial charge in [0.1, 0.15) is 0 Å². The summed E-state index contributed by atoms with van der Waals surface area (Å²) < 4.78 is 0. The Hall–Kier alpha value is -0.780. The maximum absolute atomic E-state index is 3.67. The van der Waals surface area contributed by atoms with Gasteiger partial charge in [0.2, 0.25) is 0 Å². The SMILES string of the molecule is C=CC/C=C\C=C1CCCCC1. The lowest BCUT2D eigenvalue weighted by Gasteiger charge is -2.12. The second-order valence-electron chi connectivity index (χ2n) is 3.34. The second kappa shape index (κ2) is 5.82. The van der Waals surface area contributed by atoms with E-state index in [1.807, 2.05) is 6.08 Å². The first kappa shape index (κ1) is 9.31. The van der Waals surface area contributed by atoms with E-state index in [1.165, 1.54) is 32.1 Å². The first-order chi connectivity index (χ1) is 5.93. The van der Waals surface area contributed by atoms with Crippen LogP contribution in [0, 0.1) is 0 Å². The molecule has 0 unspecified atom stereocenters. The molecule has 0 saturated heterocycles. The van der Waals surface area contributed by atoms with Crippen molar-refractivity contribution in [2.24, 2.45) is 0 Å². The van der Waals surface area contributed by atoms with Crippen molar-refractivity contribution in [2.45, 2.75) is 38.5 Å². The molecule has 0 bridgehead atoms. The summed E-state index contributed by atoms with van der Waals surface area (Å²) in [5.41, 5.74) is 1.63. The fraction of sp³-hybridized carbons (Fsp3) is 0.500. The van der Waals surface area contributed by atoms with Crippen molar-refractivity contribution >= 4 is 0 Å². The van der Waals surface area contributed by atoms with E-state index in [1.54, 1.807) is 5.57 Å². The van der Waals surface area contributed by atoms with Gasteiger partial charge in [-0.1, -0.05) is 36.3 Å². The molecule has 0 aliphatic heterocycles. The highest BCUT2D eigenvalue weighted by atomic mass is 14.1. The Morgan fingerprint density at radius 1 is 1.17 bits per heavy atom. The molecule has 0 aromatic heterocycles. The summed E-state index contributed by atoms with van der Waals surface area (Å²) >= 11 is 0. The molecule has 0 N–H and O–H groups in total. The highest BCUT2D eigenvalue weighted by Gasteiger charge is 2.02. The van der Waals surface area contributed by atoms with E-state index in [4.69, 9.17) is 0 Å². The van der Waals surface area contributed by atoms with Gasteiger partial charge in [0, 0.05) is 0 Å². The summed E-state index contributed by atoms with van der Waals surface area (Å²) in [6, 6.07) is 0. The third-order valence-electron chi connectivity index (χ3n) is 2.27. The highest BCUT2D eigenvalue weighted by molar-refractivity contribution is 5.14. The van der Waals surface area contributed by atoms with Crippen LogP contribution in [0.5, 0.6) is 0 Å². The lowest BCUT2D eigenvalue weighted by Crippen LogP contribution is -1.92. The molecule has 0 amide bonds. The monoisotopic (exact) mass is 162 g/mol. The third-order valence-corrected chi connectivity index (χ3v) is 2.27. The summed E-state index contributed by atoms with van der Waals surface area (Å²) in [7, 11) is 0. The van der Waals surface area contributed by atoms with E-state index < -0.39 is 0 Å². The van der Waals surface area contributed by atoms with E-state index in [0.717, 1.165) is 6.42 Å². The van der Waals surface area contributed by atoms with Crippen LogP contribution in [0.15, 0.2) is 36.5 Å². The molecular formula is C12H18. The van der Waals surface area contributed by atoms with Gasteiger partial charge in [0.05, 0.1) is 0 Å². The van der Waals surface area contributed by atoms with Gasteiger partial charge in [0.25, 0.3) is 0 Å². The molecular weight excluding hydrogens is 144 g/mol. The summed E-state index contributed by atoms with van der Waals surface area (Å²) in [5, 5.41) is 0. The normalized spacial score (nSPS) is 18.2. The molecule has 0 spiro atoms. The second-order valence-corrected chi connectivity index (χ2v) is 3.34. The van der Waals surface area contributed by atoms with E-state index in [-0.39, 0.29) is 0 Å². The fourth-order valence-electron chi connectivity index (χ4n) is 1.55. The number of hydrogen-bond donors (Lipinski definition) is 0. The topological polar surface area (TPSA) is 0 Å². The van der Waals surface area contributed by atoms with Crippen molar-refractivity contribution in [3.8, 4) is 0 Å². The molecule has 0 atom stereocenters. The molecule has 1 fully saturated rings. The zero-order valence-corrected chi connectivity index (χ0v) is 7.76. The van der Waals surface area contributed by atoms with Crippen LogP contribution in [0.2, 0.25) is 0 Å². The lowest BCUT2D eigenvalue weighted by atomic mass is 9.95. The molecule has 0 heteroatoms. The molecule has 0 heterocycles. The van der Waals surface area contributed by atoms with Gasteiger partial charge >= 0.3 is 0 Å². The van der Waals surface area contributed by atoms with Gasteiger partial charge in [-0.25, -0.2) is 0 Å². The third kappa shape index (κ3) is 3.56. The van der Waals surface area contributed by atoms with Gasteiger partial charge in [-0.15, -0.1) is 6.58 Å². The van der Waals surface area contributed by atoms with Crippen LogP contribution in [0.1, 0.15) is 38.5 Å². The number of allylic oxidation sites excluding steroid dienone is 5. The highest BCUT2D eigenvalue weighted by Crippen LogP contribution is 2.22. The van der Waals surface area contributed by atoms with E-state index >= 15 is 0 Å².